The maximum Gasteiger partial charge on any atom is 0.234 e. The van der Waals surface area contributed by atoms with E-state index in [1.807, 2.05) is 91.2 Å². The van der Waals surface area contributed by atoms with Gasteiger partial charge >= 0.3 is 0 Å². The smallest absolute Gasteiger partial charge is 0.234 e. The third-order valence-electron chi connectivity index (χ3n) is 16.6. The molecular formula is C55H74Cl2N6O6S. The van der Waals surface area contributed by atoms with Crippen LogP contribution in [-0.2, 0) is 29.0 Å². The van der Waals surface area contributed by atoms with Gasteiger partial charge < -0.3 is 19.6 Å². The van der Waals surface area contributed by atoms with E-state index in [-0.39, 0.29) is 53.6 Å². The summed E-state index contributed by atoms with van der Waals surface area (Å²) in [5.41, 5.74) is 1.64. The number of sulfone groups is 1. The Labute approximate surface area is 426 Å². The number of amides is 4. The number of aromatic nitrogens is 1. The second-order valence-electron chi connectivity index (χ2n) is 22.2. The molecule has 0 bridgehead atoms. The molecule has 0 spiro atoms. The summed E-state index contributed by atoms with van der Waals surface area (Å²) >= 11 is 13.0. The Kier molecular flexibility index (Phi) is 16.7. The minimum atomic E-state index is -3.57. The van der Waals surface area contributed by atoms with Gasteiger partial charge in [0.05, 0.1) is 28.4 Å². The lowest BCUT2D eigenvalue weighted by Crippen LogP contribution is -2.59. The first kappa shape index (κ1) is 52.3. The number of hydrogen-bond donors (Lipinski definition) is 1. The van der Waals surface area contributed by atoms with E-state index in [0.29, 0.717) is 60.2 Å². The first-order valence-corrected chi connectivity index (χ1v) is 28.4. The Morgan fingerprint density at radius 2 is 1.44 bits per heavy atom. The average molecular weight is 1020 g/mol. The summed E-state index contributed by atoms with van der Waals surface area (Å²) in [5.74, 6) is 1.25. The van der Waals surface area contributed by atoms with Gasteiger partial charge in [-0.15, -0.1) is 0 Å². The maximum atomic E-state index is 15.4. The number of benzene rings is 2. The molecule has 8 rings (SSSR count). The Balaban J connectivity index is 0.855. The zero-order valence-corrected chi connectivity index (χ0v) is 44.2. The van der Waals surface area contributed by atoms with E-state index in [4.69, 9.17) is 23.2 Å². The number of nitrogens with one attached hydrogen (secondary N) is 1. The average Bonchev–Trinajstić information content (AvgIpc) is 3.33. The van der Waals surface area contributed by atoms with Gasteiger partial charge in [-0.05, 0) is 161 Å². The number of likely N-dealkylation sites (tertiary alicyclic amines) is 3. The monoisotopic (exact) mass is 1020 g/mol. The molecule has 380 valence electrons. The number of pyridine rings is 1. The molecule has 5 fully saturated rings. The van der Waals surface area contributed by atoms with Crippen molar-refractivity contribution in [3.05, 3.63) is 93.6 Å². The molecule has 5 aliphatic heterocycles. The van der Waals surface area contributed by atoms with E-state index in [1.165, 1.54) is 19.3 Å². The molecule has 0 radical (unpaired) electrons. The minimum Gasteiger partial charge on any atom is -0.357 e. The normalized spacial score (nSPS) is 25.5. The van der Waals surface area contributed by atoms with Gasteiger partial charge in [0.2, 0.25) is 23.6 Å². The van der Waals surface area contributed by atoms with E-state index >= 15 is 4.79 Å². The summed E-state index contributed by atoms with van der Waals surface area (Å²) in [6.45, 7) is 15.9. The number of imide groups is 1. The molecule has 1 N–H and O–H groups in total. The maximum absolute atomic E-state index is 15.4. The number of halogens is 2. The lowest BCUT2D eigenvalue weighted by molar-refractivity contribution is -0.159. The number of piperidine rings is 5. The standard InChI is InChI=1S/C55H74Cl2N6O6S/c1-36(2)48(35-70(68,69)37(3)4)63-52(41-9-11-44(56)12-10-41)47(42-7-6-8-45(57)30-42)32-55(5,54(63)67)33-51(65)62-27-18-39(19-28-62)29-38-16-23-60(24-17-38)34-40-20-25-61(26-21-40)49-31-43(15-22-58-49)46-13-14-50(64)59-53(46)66/h6-12,15,22,30-31,36-40,46-48,52H,13-14,16-21,23-29,32-35H2,1-5H3,(H,59,64,66)/t46?,47-,48-,52-,55-/m1/s1. The highest BCUT2D eigenvalue weighted by atomic mass is 35.5. The van der Waals surface area contributed by atoms with E-state index in [1.54, 1.807) is 20.0 Å². The van der Waals surface area contributed by atoms with Crippen LogP contribution in [0.2, 0.25) is 10.0 Å². The number of nitrogens with zero attached hydrogens (tertiary/aromatic N) is 5. The molecule has 5 atom stereocenters. The van der Waals surface area contributed by atoms with Crippen molar-refractivity contribution in [3.63, 3.8) is 0 Å². The van der Waals surface area contributed by atoms with Crippen molar-refractivity contribution in [3.8, 4) is 0 Å². The quantitative estimate of drug-likeness (QED) is 0.148. The summed E-state index contributed by atoms with van der Waals surface area (Å²) in [6, 6.07) is 18.0. The van der Waals surface area contributed by atoms with Gasteiger partial charge in [0, 0.05) is 73.8 Å². The van der Waals surface area contributed by atoms with Gasteiger partial charge in [0.15, 0.2) is 9.84 Å². The van der Waals surface area contributed by atoms with Gasteiger partial charge in [0.25, 0.3) is 0 Å². The largest absolute Gasteiger partial charge is 0.357 e. The van der Waals surface area contributed by atoms with E-state index in [9.17, 15) is 22.8 Å². The van der Waals surface area contributed by atoms with Crippen LogP contribution in [0.1, 0.15) is 140 Å². The molecule has 2 aromatic carbocycles. The van der Waals surface area contributed by atoms with Crippen LogP contribution in [0, 0.1) is 29.1 Å². The molecule has 5 aliphatic rings. The fourth-order valence-corrected chi connectivity index (χ4v) is 14.0. The predicted molar refractivity (Wildman–Crippen MR) is 278 cm³/mol. The summed E-state index contributed by atoms with van der Waals surface area (Å²) in [7, 11) is -3.57. The van der Waals surface area contributed by atoms with Crippen LogP contribution in [0.3, 0.4) is 0 Å². The zero-order chi connectivity index (χ0) is 49.9. The first-order valence-electron chi connectivity index (χ1n) is 26.0. The molecule has 1 aromatic heterocycles. The molecule has 12 nitrogen and oxygen atoms in total. The first-order chi connectivity index (χ1) is 33.4. The van der Waals surface area contributed by atoms with Crippen LogP contribution in [0.4, 0.5) is 5.82 Å². The Morgan fingerprint density at radius 3 is 2.07 bits per heavy atom. The fourth-order valence-electron chi connectivity index (χ4n) is 12.2. The van der Waals surface area contributed by atoms with E-state index in [2.05, 4.69) is 20.1 Å². The van der Waals surface area contributed by atoms with Gasteiger partial charge in [0.1, 0.15) is 5.82 Å². The topological polar surface area (TPSA) is 140 Å². The molecule has 15 heteroatoms. The molecular weight excluding hydrogens is 944 g/mol. The summed E-state index contributed by atoms with van der Waals surface area (Å²) in [6.07, 6.45) is 10.9. The third kappa shape index (κ3) is 12.2. The Morgan fingerprint density at radius 1 is 0.786 bits per heavy atom. The van der Waals surface area contributed by atoms with Crippen LogP contribution >= 0.6 is 23.2 Å². The van der Waals surface area contributed by atoms with Crippen molar-refractivity contribution in [2.45, 2.75) is 134 Å². The molecule has 0 saturated carbocycles. The summed E-state index contributed by atoms with van der Waals surface area (Å²) < 4.78 is 27.4. The Bertz CT molecular complexity index is 2450. The molecule has 70 heavy (non-hydrogen) atoms. The highest BCUT2D eigenvalue weighted by Crippen LogP contribution is 2.53. The summed E-state index contributed by atoms with van der Waals surface area (Å²) in [5, 5.41) is 3.01. The molecule has 4 amide bonds. The van der Waals surface area contributed by atoms with Crippen LogP contribution in [-0.4, -0.2) is 115 Å². The van der Waals surface area contributed by atoms with Crippen molar-refractivity contribution in [1.29, 1.82) is 0 Å². The van der Waals surface area contributed by atoms with E-state index in [0.717, 1.165) is 80.9 Å². The zero-order valence-electron chi connectivity index (χ0n) is 41.8. The van der Waals surface area contributed by atoms with Gasteiger partial charge in [-0.25, -0.2) is 13.4 Å². The second-order valence-corrected chi connectivity index (χ2v) is 25.7. The second kappa shape index (κ2) is 22.4. The number of anilines is 1. The highest BCUT2D eigenvalue weighted by molar-refractivity contribution is 7.92. The van der Waals surface area contributed by atoms with Crippen molar-refractivity contribution in [1.82, 2.24) is 25.0 Å². The van der Waals surface area contributed by atoms with Crippen LogP contribution in [0.15, 0.2) is 66.9 Å². The number of hydrogen-bond acceptors (Lipinski definition) is 9. The molecule has 1 unspecified atom stereocenters. The van der Waals surface area contributed by atoms with Crippen LogP contribution in [0.5, 0.6) is 0 Å². The number of carbonyl (C=O) groups excluding carboxylic acids is 4. The van der Waals surface area contributed by atoms with Gasteiger partial charge in [-0.2, -0.15) is 0 Å². The van der Waals surface area contributed by atoms with Crippen molar-refractivity contribution < 1.29 is 27.6 Å². The minimum absolute atomic E-state index is 0.0175. The van der Waals surface area contributed by atoms with Crippen molar-refractivity contribution >= 4 is 62.5 Å². The SMILES string of the molecule is CC(C)[C@@H](CS(=O)(=O)C(C)C)N1C(=O)[C@@](C)(CC(=O)N2CCC(CC3CCN(CC4CCN(c5cc(C6CCC(=O)NC6=O)ccn5)CC4)CC3)CC2)C[C@H](c2cccc(Cl)c2)[C@H]1c1ccc(Cl)cc1. The van der Waals surface area contributed by atoms with Gasteiger partial charge in [-0.3, -0.25) is 24.5 Å². The fraction of sp³-hybridized carbons (Fsp3) is 0.618. The van der Waals surface area contributed by atoms with Crippen molar-refractivity contribution in [2.75, 3.05) is 56.5 Å². The van der Waals surface area contributed by atoms with Crippen molar-refractivity contribution in [2.24, 2.45) is 29.1 Å². The lowest BCUT2D eigenvalue weighted by Gasteiger charge is -2.53. The highest BCUT2D eigenvalue weighted by Gasteiger charge is 2.54. The summed E-state index contributed by atoms with van der Waals surface area (Å²) in [4.78, 5) is 67.5. The molecule has 6 heterocycles. The number of carbonyl (C=O) groups is 4. The van der Waals surface area contributed by atoms with Crippen LogP contribution in [0.25, 0.3) is 0 Å². The lowest BCUT2D eigenvalue weighted by atomic mass is 9.66. The Hall–Kier alpha value is -4.04. The predicted octanol–water partition coefficient (Wildman–Crippen LogP) is 9.47. The van der Waals surface area contributed by atoms with E-state index < -0.39 is 32.6 Å². The molecule has 5 saturated heterocycles. The molecule has 3 aromatic rings. The number of rotatable bonds is 15. The third-order valence-corrected chi connectivity index (χ3v) is 19.3. The van der Waals surface area contributed by atoms with Gasteiger partial charge in [-0.1, -0.05) is 68.2 Å². The van der Waals surface area contributed by atoms with Crippen LogP contribution < -0.4 is 10.2 Å². The molecule has 0 aliphatic carbocycles.